The van der Waals surface area contributed by atoms with E-state index in [0.29, 0.717) is 63.7 Å². The van der Waals surface area contributed by atoms with Crippen molar-refractivity contribution in [2.24, 2.45) is 5.92 Å². The number of hydrogen-bond donors (Lipinski definition) is 1. The van der Waals surface area contributed by atoms with Crippen LogP contribution < -0.4 is 10.9 Å². The van der Waals surface area contributed by atoms with E-state index in [0.717, 1.165) is 0 Å². The minimum atomic E-state index is -0.821. The molecule has 9 nitrogen and oxygen atoms in total. The number of aryl methyl sites for hydroxylation is 1. The van der Waals surface area contributed by atoms with Crippen LogP contribution in [0.5, 0.6) is 0 Å². The molecule has 0 bridgehead atoms. The van der Waals surface area contributed by atoms with Crippen LogP contribution in [0, 0.1) is 33.6 Å². The molecule has 2 aromatic heterocycles. The van der Waals surface area contributed by atoms with Crippen molar-refractivity contribution in [2.75, 3.05) is 0 Å². The average molecular weight is 643 g/mol. The molecule has 0 unspecified atom stereocenters. The highest BCUT2D eigenvalue weighted by atomic mass is 16.6. The van der Waals surface area contributed by atoms with Crippen LogP contribution in [0.15, 0.2) is 30.1 Å². The van der Waals surface area contributed by atoms with Crippen LogP contribution in [0.2, 0.25) is 0 Å². The predicted molar refractivity (Wildman–Crippen MR) is 178 cm³/mol. The molecule has 256 valence electrons. The summed E-state index contributed by atoms with van der Waals surface area (Å²) in [6.45, 7) is 22.9. The third kappa shape index (κ3) is 8.46. The van der Waals surface area contributed by atoms with E-state index in [9.17, 15) is 24.3 Å². The minimum absolute atomic E-state index is 0.116. The smallest absolute Gasteiger partial charge is 0.305 e. The fourth-order valence-electron chi connectivity index (χ4n) is 6.33. The number of rotatable bonds is 14. The Morgan fingerprint density at radius 2 is 1.30 bits per heavy atom. The molecule has 0 spiro atoms. The summed E-state index contributed by atoms with van der Waals surface area (Å²) >= 11 is 0. The maximum absolute atomic E-state index is 13.2. The van der Waals surface area contributed by atoms with Gasteiger partial charge in [0.2, 0.25) is 0 Å². The van der Waals surface area contributed by atoms with Crippen molar-refractivity contribution >= 4 is 11.9 Å². The lowest BCUT2D eigenvalue weighted by Crippen LogP contribution is -2.40. The third-order valence-electron chi connectivity index (χ3n) is 9.20. The summed E-state index contributed by atoms with van der Waals surface area (Å²) in [5.74, 6) is -0.922. The highest BCUT2D eigenvalue weighted by Crippen LogP contribution is 2.35. The highest BCUT2D eigenvalue weighted by Gasteiger charge is 2.38. The monoisotopic (exact) mass is 642 g/mol. The van der Waals surface area contributed by atoms with Gasteiger partial charge in [-0.15, -0.1) is 0 Å². The maximum atomic E-state index is 13.2. The Morgan fingerprint density at radius 3 is 1.80 bits per heavy atom. The summed E-state index contributed by atoms with van der Waals surface area (Å²) in [5, 5.41) is 10.5. The minimum Gasteiger partial charge on any atom is -0.465 e. The Balaban J connectivity index is 2.68. The molecule has 0 aliphatic heterocycles. The number of carbonyl (C=O) groups excluding carboxylic acids is 2. The molecule has 0 fully saturated rings. The van der Waals surface area contributed by atoms with Gasteiger partial charge in [0, 0.05) is 59.8 Å². The molecule has 0 saturated heterocycles. The molecule has 0 aliphatic rings. The van der Waals surface area contributed by atoms with Crippen LogP contribution in [-0.2, 0) is 25.5 Å². The quantitative estimate of drug-likeness (QED) is 0.171. The lowest BCUT2D eigenvalue weighted by atomic mass is 9.83. The van der Waals surface area contributed by atoms with E-state index in [1.165, 1.54) is 6.92 Å². The van der Waals surface area contributed by atoms with Gasteiger partial charge in [-0.05, 0) is 46.6 Å². The molecule has 2 rings (SSSR count). The second-order valence-corrected chi connectivity index (χ2v) is 12.7. The van der Waals surface area contributed by atoms with Crippen molar-refractivity contribution in [3.8, 4) is 0 Å². The number of ether oxygens (including phenoxy) is 2. The van der Waals surface area contributed by atoms with E-state index in [4.69, 9.17) is 18.3 Å². The van der Waals surface area contributed by atoms with Gasteiger partial charge in [-0.2, -0.15) is 0 Å². The van der Waals surface area contributed by atoms with Gasteiger partial charge >= 0.3 is 11.9 Å². The van der Waals surface area contributed by atoms with Crippen LogP contribution >= 0.6 is 0 Å². The molecule has 0 aliphatic carbocycles. The molecule has 2 aromatic rings. The predicted octanol–water partition coefficient (Wildman–Crippen LogP) is 7.01. The molecular weight excluding hydrogens is 588 g/mol. The Morgan fingerprint density at radius 1 is 0.783 bits per heavy atom. The number of aliphatic hydroxyl groups excluding tert-OH is 1. The van der Waals surface area contributed by atoms with Gasteiger partial charge in [0.15, 0.2) is 10.9 Å². The Hall–Kier alpha value is -3.46. The summed E-state index contributed by atoms with van der Waals surface area (Å²) in [5.41, 5.74) is 2.34. The first-order chi connectivity index (χ1) is 21.4. The van der Waals surface area contributed by atoms with Gasteiger partial charge in [-0.1, -0.05) is 54.5 Å². The third-order valence-corrected chi connectivity index (χ3v) is 9.20. The van der Waals surface area contributed by atoms with Crippen molar-refractivity contribution in [2.45, 2.75) is 145 Å². The van der Waals surface area contributed by atoms with E-state index in [-0.39, 0.29) is 23.2 Å². The summed E-state index contributed by atoms with van der Waals surface area (Å²) in [6.07, 6.45) is 0.751. The number of hydrogen-bond acceptors (Lipinski definition) is 9. The summed E-state index contributed by atoms with van der Waals surface area (Å²) in [7, 11) is 0. The van der Waals surface area contributed by atoms with Gasteiger partial charge in [-0.25, -0.2) is 0 Å². The second-order valence-electron chi connectivity index (χ2n) is 12.7. The van der Waals surface area contributed by atoms with Crippen molar-refractivity contribution in [3.05, 3.63) is 77.4 Å². The van der Waals surface area contributed by atoms with Gasteiger partial charge in [0.05, 0.1) is 12.0 Å². The normalized spacial score (nSPS) is 16.6. The molecular formula is C37H54O9. The Kier molecular flexibility index (Phi) is 13.8. The SMILES string of the molecule is CCC(=O)O[C@H]([C@@H](C)[C@@H](OC(C)=O)C(C)=C[C@H](C)c1oc([C@@H](C)[C@@H](O)CC)c(C)c(=O)c1C)[C@@H](C)c1oc(CC)c(C)c(=O)c1C. The fraction of sp³-hybridized carbons (Fsp3) is 0.622. The van der Waals surface area contributed by atoms with E-state index in [1.807, 2.05) is 54.5 Å². The van der Waals surface area contributed by atoms with Gasteiger partial charge in [-0.3, -0.25) is 19.2 Å². The standard InChI is InChI=1S/C37H54O9/c1-14-28(39)20(6)35-24(10)32(42)22(8)33(46-35)18(4)17-19(5)34(43-27(13)38)25(11)37(45-30(40)16-3)26(12)36-23(9)31(41)21(7)29(15-2)44-36/h17-18,20,25-26,28,34,37,39H,14-16H2,1-13H3/t18-,20-,25-,26-,28-,34-,37+/m0/s1. The van der Waals surface area contributed by atoms with Gasteiger partial charge in [0.1, 0.15) is 35.2 Å². The van der Waals surface area contributed by atoms with Crippen molar-refractivity contribution in [3.63, 3.8) is 0 Å². The molecule has 1 N–H and O–H groups in total. The summed E-state index contributed by atoms with van der Waals surface area (Å²) in [6, 6.07) is 0. The molecule has 0 radical (unpaired) electrons. The first-order valence-electron chi connectivity index (χ1n) is 16.4. The lowest BCUT2D eigenvalue weighted by molar-refractivity contribution is -0.159. The number of allylic oxidation sites excluding steroid dienone is 1. The maximum Gasteiger partial charge on any atom is 0.305 e. The molecule has 9 heteroatoms. The number of esters is 2. The van der Waals surface area contributed by atoms with Crippen molar-refractivity contribution in [1.82, 2.24) is 0 Å². The number of aliphatic hydroxyl groups is 1. The van der Waals surface area contributed by atoms with E-state index >= 15 is 0 Å². The first kappa shape index (κ1) is 38.7. The largest absolute Gasteiger partial charge is 0.465 e. The van der Waals surface area contributed by atoms with Crippen LogP contribution in [0.1, 0.15) is 138 Å². The molecule has 7 atom stereocenters. The van der Waals surface area contributed by atoms with E-state index < -0.39 is 48.0 Å². The molecule has 0 saturated carbocycles. The Bertz CT molecular complexity index is 1540. The fourth-order valence-corrected chi connectivity index (χ4v) is 6.33. The van der Waals surface area contributed by atoms with Crippen LogP contribution in [0.25, 0.3) is 0 Å². The highest BCUT2D eigenvalue weighted by molar-refractivity contribution is 5.69. The topological polar surface area (TPSA) is 133 Å². The summed E-state index contributed by atoms with van der Waals surface area (Å²) < 4.78 is 24.4. The number of carbonyl (C=O) groups is 2. The van der Waals surface area contributed by atoms with Crippen molar-refractivity contribution < 1.29 is 33.0 Å². The molecule has 0 aromatic carbocycles. The zero-order chi connectivity index (χ0) is 35.2. The van der Waals surface area contributed by atoms with E-state index in [1.54, 1.807) is 34.6 Å². The zero-order valence-corrected chi connectivity index (χ0v) is 30.0. The second kappa shape index (κ2) is 16.4. The average Bonchev–Trinajstić information content (AvgIpc) is 3.02. The van der Waals surface area contributed by atoms with Crippen LogP contribution in [0.3, 0.4) is 0 Å². The molecule has 0 amide bonds. The molecule has 46 heavy (non-hydrogen) atoms. The lowest BCUT2D eigenvalue weighted by Gasteiger charge is -2.34. The van der Waals surface area contributed by atoms with Crippen molar-refractivity contribution in [1.29, 1.82) is 0 Å². The van der Waals surface area contributed by atoms with Gasteiger partial charge in [0.25, 0.3) is 0 Å². The summed E-state index contributed by atoms with van der Waals surface area (Å²) in [4.78, 5) is 51.5. The Labute approximate surface area is 273 Å². The van der Waals surface area contributed by atoms with Crippen LogP contribution in [0.4, 0.5) is 0 Å². The van der Waals surface area contributed by atoms with Crippen LogP contribution in [-0.4, -0.2) is 35.4 Å². The molecule has 2 heterocycles. The van der Waals surface area contributed by atoms with E-state index in [2.05, 4.69) is 0 Å². The zero-order valence-electron chi connectivity index (χ0n) is 30.0. The first-order valence-corrected chi connectivity index (χ1v) is 16.4. The van der Waals surface area contributed by atoms with Gasteiger partial charge < -0.3 is 23.4 Å².